The average molecular weight is 263 g/mol. The van der Waals surface area contributed by atoms with Gasteiger partial charge in [0, 0.05) is 24.7 Å². The lowest BCUT2D eigenvalue weighted by atomic mass is 9.83. The van der Waals surface area contributed by atoms with E-state index < -0.39 is 0 Å². The van der Waals surface area contributed by atoms with Crippen LogP contribution in [0.5, 0.6) is 0 Å². The summed E-state index contributed by atoms with van der Waals surface area (Å²) in [7, 11) is 0. The van der Waals surface area contributed by atoms with Gasteiger partial charge in [0.25, 0.3) is 0 Å². The van der Waals surface area contributed by atoms with E-state index in [-0.39, 0.29) is 5.54 Å². The first-order valence-electron chi connectivity index (χ1n) is 7.12. The number of hydrogen-bond donors (Lipinski definition) is 3. The minimum atomic E-state index is -0.247. The zero-order valence-electron chi connectivity index (χ0n) is 11.9. The van der Waals surface area contributed by atoms with Crippen LogP contribution < -0.4 is 16.4 Å². The van der Waals surface area contributed by atoms with Crippen LogP contribution in [0.2, 0.25) is 0 Å². The van der Waals surface area contributed by atoms with Crippen LogP contribution in [0.15, 0.2) is 12.4 Å². The number of nitrogens with one attached hydrogen (secondary N) is 2. The second-order valence-electron chi connectivity index (χ2n) is 6.14. The summed E-state index contributed by atoms with van der Waals surface area (Å²) in [4.78, 5) is 8.43. The fraction of sp³-hybridized carbons (Fsp3) is 0.714. The molecule has 1 aliphatic rings. The van der Waals surface area contributed by atoms with E-state index in [1.54, 1.807) is 6.33 Å². The maximum absolute atomic E-state index is 5.94. The number of hydrogen-bond acceptors (Lipinski definition) is 5. The van der Waals surface area contributed by atoms with Gasteiger partial charge in [-0.1, -0.05) is 19.3 Å². The van der Waals surface area contributed by atoms with E-state index in [0.717, 1.165) is 24.1 Å². The van der Waals surface area contributed by atoms with Gasteiger partial charge in [-0.05, 0) is 26.2 Å². The molecule has 1 aliphatic carbocycles. The third kappa shape index (κ3) is 5.03. The number of anilines is 2. The van der Waals surface area contributed by atoms with E-state index in [4.69, 9.17) is 5.73 Å². The molecule has 0 radical (unpaired) electrons. The predicted octanol–water partition coefficient (Wildman–Crippen LogP) is 2.23. The van der Waals surface area contributed by atoms with Gasteiger partial charge >= 0.3 is 0 Å². The van der Waals surface area contributed by atoms with Gasteiger partial charge in [0.1, 0.15) is 18.0 Å². The molecular weight excluding hydrogens is 238 g/mol. The summed E-state index contributed by atoms with van der Waals surface area (Å²) < 4.78 is 0. The Morgan fingerprint density at radius 2 is 1.95 bits per heavy atom. The Bertz CT molecular complexity index is 395. The Hall–Kier alpha value is -1.36. The fourth-order valence-electron chi connectivity index (χ4n) is 2.05. The highest BCUT2D eigenvalue weighted by molar-refractivity contribution is 5.46. The number of nitrogens with two attached hydrogens (primary N) is 1. The molecule has 19 heavy (non-hydrogen) atoms. The van der Waals surface area contributed by atoms with Crippen LogP contribution in [-0.2, 0) is 0 Å². The summed E-state index contributed by atoms with van der Waals surface area (Å²) in [6, 6.07) is 1.94. The molecule has 0 aromatic carbocycles. The van der Waals surface area contributed by atoms with Crippen molar-refractivity contribution in [2.45, 2.75) is 45.1 Å². The van der Waals surface area contributed by atoms with Gasteiger partial charge in [-0.25, -0.2) is 9.97 Å². The first-order chi connectivity index (χ1) is 9.03. The van der Waals surface area contributed by atoms with Gasteiger partial charge in [-0.3, -0.25) is 0 Å². The van der Waals surface area contributed by atoms with Gasteiger partial charge in [-0.2, -0.15) is 0 Å². The molecule has 0 unspecified atom stereocenters. The molecule has 1 saturated carbocycles. The first-order valence-corrected chi connectivity index (χ1v) is 7.12. The van der Waals surface area contributed by atoms with Crippen molar-refractivity contribution in [2.75, 3.05) is 23.7 Å². The molecular formula is C14H25N5. The smallest absolute Gasteiger partial charge is 0.131 e. The van der Waals surface area contributed by atoms with E-state index in [2.05, 4.69) is 20.6 Å². The van der Waals surface area contributed by atoms with E-state index in [0.29, 0.717) is 6.54 Å². The van der Waals surface area contributed by atoms with E-state index >= 15 is 0 Å². The summed E-state index contributed by atoms with van der Waals surface area (Å²) in [6.45, 7) is 5.65. The quantitative estimate of drug-likeness (QED) is 0.703. The number of aromatic nitrogens is 2. The van der Waals surface area contributed by atoms with E-state index in [1.807, 2.05) is 19.9 Å². The topological polar surface area (TPSA) is 75.9 Å². The third-order valence-electron chi connectivity index (χ3n) is 3.48. The summed E-state index contributed by atoms with van der Waals surface area (Å²) >= 11 is 0. The highest BCUT2D eigenvalue weighted by atomic mass is 15.1. The Morgan fingerprint density at radius 3 is 2.53 bits per heavy atom. The Balaban J connectivity index is 1.77. The van der Waals surface area contributed by atoms with Crippen molar-refractivity contribution in [1.29, 1.82) is 0 Å². The molecule has 0 spiro atoms. The van der Waals surface area contributed by atoms with Crippen molar-refractivity contribution in [2.24, 2.45) is 11.7 Å². The number of nitrogens with zero attached hydrogens (tertiary/aromatic N) is 2. The molecule has 1 aromatic rings. The van der Waals surface area contributed by atoms with Gasteiger partial charge in [0.2, 0.25) is 0 Å². The van der Waals surface area contributed by atoms with E-state index in [9.17, 15) is 0 Å². The van der Waals surface area contributed by atoms with Crippen molar-refractivity contribution in [3.63, 3.8) is 0 Å². The van der Waals surface area contributed by atoms with Gasteiger partial charge in [-0.15, -0.1) is 0 Å². The summed E-state index contributed by atoms with van der Waals surface area (Å²) in [5.74, 6) is 2.62. The van der Waals surface area contributed by atoms with Gasteiger partial charge < -0.3 is 16.4 Å². The van der Waals surface area contributed by atoms with Crippen molar-refractivity contribution < 1.29 is 0 Å². The SMILES string of the molecule is CC(C)(N)CNc1cc(NCCC2CCC2)ncn1. The van der Waals surface area contributed by atoms with Gasteiger partial charge in [0.05, 0.1) is 0 Å². The third-order valence-corrected chi connectivity index (χ3v) is 3.48. The Kier molecular flexibility index (Phi) is 4.58. The minimum absolute atomic E-state index is 0.247. The van der Waals surface area contributed by atoms with Crippen molar-refractivity contribution in [3.8, 4) is 0 Å². The molecule has 2 rings (SSSR count). The fourth-order valence-corrected chi connectivity index (χ4v) is 2.05. The van der Waals surface area contributed by atoms with Crippen LogP contribution in [0.1, 0.15) is 39.5 Å². The van der Waals surface area contributed by atoms with E-state index in [1.165, 1.54) is 25.7 Å². The molecule has 0 atom stereocenters. The molecule has 4 N–H and O–H groups in total. The van der Waals surface area contributed by atoms with Gasteiger partial charge in [0.15, 0.2) is 0 Å². The molecule has 0 amide bonds. The van der Waals surface area contributed by atoms with Crippen LogP contribution in [0.3, 0.4) is 0 Å². The lowest BCUT2D eigenvalue weighted by molar-refractivity contribution is 0.303. The largest absolute Gasteiger partial charge is 0.370 e. The summed E-state index contributed by atoms with van der Waals surface area (Å²) in [6.07, 6.45) is 7.01. The van der Waals surface area contributed by atoms with Crippen molar-refractivity contribution in [1.82, 2.24) is 9.97 Å². The lowest BCUT2D eigenvalue weighted by Gasteiger charge is -2.25. The van der Waals surface area contributed by atoms with Crippen LogP contribution in [-0.4, -0.2) is 28.6 Å². The zero-order chi connectivity index (χ0) is 13.7. The Morgan fingerprint density at radius 1 is 1.26 bits per heavy atom. The summed E-state index contributed by atoms with van der Waals surface area (Å²) in [5.41, 5.74) is 5.69. The second kappa shape index (κ2) is 6.19. The molecule has 106 valence electrons. The van der Waals surface area contributed by atoms with Crippen LogP contribution in [0, 0.1) is 5.92 Å². The monoisotopic (exact) mass is 263 g/mol. The van der Waals surface area contributed by atoms with Crippen LogP contribution >= 0.6 is 0 Å². The van der Waals surface area contributed by atoms with Crippen LogP contribution in [0.25, 0.3) is 0 Å². The normalized spacial score (nSPS) is 15.9. The molecule has 5 nitrogen and oxygen atoms in total. The molecule has 1 heterocycles. The molecule has 5 heteroatoms. The maximum Gasteiger partial charge on any atom is 0.131 e. The number of rotatable bonds is 7. The zero-order valence-corrected chi connectivity index (χ0v) is 11.9. The molecule has 0 bridgehead atoms. The summed E-state index contributed by atoms with van der Waals surface area (Å²) in [5, 5.41) is 6.59. The lowest BCUT2D eigenvalue weighted by Crippen LogP contribution is -2.39. The Labute approximate surface area is 115 Å². The standard InChI is InChI=1S/C14H25N5/c1-14(2,15)9-17-13-8-12(18-10-19-13)16-7-6-11-4-3-5-11/h8,10-11H,3-7,9,15H2,1-2H3,(H2,16,17,18,19). The predicted molar refractivity (Wildman–Crippen MR) is 79.2 cm³/mol. The van der Waals surface area contributed by atoms with Crippen molar-refractivity contribution in [3.05, 3.63) is 12.4 Å². The van der Waals surface area contributed by atoms with Crippen molar-refractivity contribution >= 4 is 11.6 Å². The minimum Gasteiger partial charge on any atom is -0.370 e. The molecule has 0 aliphatic heterocycles. The maximum atomic E-state index is 5.94. The molecule has 1 fully saturated rings. The van der Waals surface area contributed by atoms with Crippen LogP contribution in [0.4, 0.5) is 11.6 Å². The highest BCUT2D eigenvalue weighted by Crippen LogP contribution is 2.29. The molecule has 1 aromatic heterocycles. The average Bonchev–Trinajstić information content (AvgIpc) is 2.30. The first kappa shape index (κ1) is 14.1. The molecule has 0 saturated heterocycles. The second-order valence-corrected chi connectivity index (χ2v) is 6.14. The highest BCUT2D eigenvalue weighted by Gasteiger charge is 2.16.